The van der Waals surface area contributed by atoms with Crippen molar-refractivity contribution in [3.63, 3.8) is 0 Å². The third-order valence-electron chi connectivity index (χ3n) is 3.09. The van der Waals surface area contributed by atoms with Crippen LogP contribution in [0.1, 0.15) is 32.1 Å². The first-order chi connectivity index (χ1) is 8.60. The van der Waals surface area contributed by atoms with Gasteiger partial charge in [-0.1, -0.05) is 24.6 Å². The Balaban J connectivity index is 2.96. The molecule has 0 unspecified atom stereocenters. The normalized spacial score (nSPS) is 16.6. The van der Waals surface area contributed by atoms with Crippen molar-refractivity contribution in [1.29, 1.82) is 0 Å². The third-order valence-corrected chi connectivity index (χ3v) is 3.09. The summed E-state index contributed by atoms with van der Waals surface area (Å²) in [6, 6.07) is -1.08. The van der Waals surface area contributed by atoms with Crippen molar-refractivity contribution in [3.05, 3.63) is 23.8 Å². The topological polar surface area (TPSA) is 75.6 Å². The van der Waals surface area contributed by atoms with Crippen LogP contribution in [-0.2, 0) is 9.53 Å². The average molecular weight is 253 g/mol. The van der Waals surface area contributed by atoms with Gasteiger partial charge >= 0.3 is 12.1 Å². The highest BCUT2D eigenvalue weighted by Crippen LogP contribution is 2.27. The van der Waals surface area contributed by atoms with E-state index in [9.17, 15) is 14.7 Å². The molecule has 100 valence electrons. The minimum absolute atomic E-state index is 0.590. The molecule has 0 spiro atoms. The van der Waals surface area contributed by atoms with Crippen LogP contribution < -0.4 is 5.32 Å². The number of alkyl carbamates (subject to hydrolysis) is 1. The maximum absolute atomic E-state index is 11.2. The second-order valence-corrected chi connectivity index (χ2v) is 4.23. The molecule has 0 saturated heterocycles. The quantitative estimate of drug-likeness (QED) is 0.805. The molecular weight excluding hydrogens is 234 g/mol. The standard InChI is InChI=1S/C13H19NO4/c1-3-10(9-7-5-4-6-8-9)11(12(15)16)14-13(17)18-2/h3,11H,1,4-8H2,2H3,(H,14,17)(H,15,16)/t11-/m1/s1. The van der Waals surface area contributed by atoms with E-state index >= 15 is 0 Å². The van der Waals surface area contributed by atoms with E-state index in [1.807, 2.05) is 0 Å². The highest BCUT2D eigenvalue weighted by Gasteiger charge is 2.26. The van der Waals surface area contributed by atoms with Gasteiger partial charge in [-0.05, 0) is 31.3 Å². The zero-order chi connectivity index (χ0) is 13.5. The highest BCUT2D eigenvalue weighted by atomic mass is 16.5. The molecule has 1 rings (SSSR count). The third kappa shape index (κ3) is 3.61. The van der Waals surface area contributed by atoms with Gasteiger partial charge in [-0.2, -0.15) is 0 Å². The largest absolute Gasteiger partial charge is 0.479 e. The Hall–Kier alpha value is -1.78. The Kier molecular flexibility index (Phi) is 5.42. The molecule has 1 fully saturated rings. The average Bonchev–Trinajstić information content (AvgIpc) is 2.39. The lowest BCUT2D eigenvalue weighted by molar-refractivity contribution is -0.138. The van der Waals surface area contributed by atoms with Gasteiger partial charge in [-0.25, -0.2) is 9.59 Å². The molecule has 0 bridgehead atoms. The summed E-state index contributed by atoms with van der Waals surface area (Å²) >= 11 is 0. The van der Waals surface area contributed by atoms with Gasteiger partial charge in [0.15, 0.2) is 6.04 Å². The first kappa shape index (κ1) is 14.3. The fourth-order valence-corrected chi connectivity index (χ4v) is 2.18. The Labute approximate surface area is 107 Å². The zero-order valence-electron chi connectivity index (χ0n) is 10.6. The molecule has 0 aromatic heterocycles. The molecule has 5 nitrogen and oxygen atoms in total. The van der Waals surface area contributed by atoms with Crippen molar-refractivity contribution in [1.82, 2.24) is 5.32 Å². The summed E-state index contributed by atoms with van der Waals surface area (Å²) in [5.41, 5.74) is 1.66. The van der Waals surface area contributed by atoms with E-state index in [0.29, 0.717) is 5.57 Å². The van der Waals surface area contributed by atoms with E-state index in [0.717, 1.165) is 37.7 Å². The number of carboxylic acid groups (broad SMARTS) is 1. The van der Waals surface area contributed by atoms with Crippen LogP contribution in [0.5, 0.6) is 0 Å². The predicted octanol–water partition coefficient (Wildman–Crippen LogP) is 2.24. The Morgan fingerprint density at radius 1 is 1.39 bits per heavy atom. The molecule has 1 aliphatic carbocycles. The number of hydrogen-bond acceptors (Lipinski definition) is 3. The van der Waals surface area contributed by atoms with Crippen molar-refractivity contribution in [3.8, 4) is 0 Å². The van der Waals surface area contributed by atoms with Gasteiger partial charge in [0.1, 0.15) is 0 Å². The zero-order valence-corrected chi connectivity index (χ0v) is 10.6. The minimum atomic E-state index is -1.10. The molecule has 1 atom stereocenters. The van der Waals surface area contributed by atoms with Crippen molar-refractivity contribution in [2.24, 2.45) is 0 Å². The summed E-state index contributed by atoms with van der Waals surface area (Å²) in [5.74, 6) is -1.10. The number of carbonyl (C=O) groups excluding carboxylic acids is 1. The van der Waals surface area contributed by atoms with Gasteiger partial charge in [-0.15, -0.1) is 0 Å². The summed E-state index contributed by atoms with van der Waals surface area (Å²) in [7, 11) is 1.20. The number of rotatable bonds is 4. The van der Waals surface area contributed by atoms with Crippen molar-refractivity contribution in [2.45, 2.75) is 38.1 Å². The van der Waals surface area contributed by atoms with Gasteiger partial charge in [0.05, 0.1) is 7.11 Å². The monoisotopic (exact) mass is 253 g/mol. The molecule has 18 heavy (non-hydrogen) atoms. The molecule has 2 N–H and O–H groups in total. The van der Waals surface area contributed by atoms with Gasteiger partial charge in [0.2, 0.25) is 0 Å². The van der Waals surface area contributed by atoms with E-state index in [1.54, 1.807) is 0 Å². The summed E-state index contributed by atoms with van der Waals surface area (Å²) in [6.45, 7) is 3.66. The van der Waals surface area contributed by atoms with E-state index in [1.165, 1.54) is 13.2 Å². The van der Waals surface area contributed by atoms with Crippen molar-refractivity contribution in [2.75, 3.05) is 7.11 Å². The molecule has 0 heterocycles. The van der Waals surface area contributed by atoms with Gasteiger partial charge in [0, 0.05) is 0 Å². The van der Waals surface area contributed by atoms with Crippen LogP contribution in [0.25, 0.3) is 0 Å². The van der Waals surface area contributed by atoms with Crippen LogP contribution >= 0.6 is 0 Å². The molecule has 0 aromatic rings. The lowest BCUT2D eigenvalue weighted by Gasteiger charge is -2.22. The van der Waals surface area contributed by atoms with E-state index < -0.39 is 18.1 Å². The number of aliphatic carboxylic acids is 1. The maximum Gasteiger partial charge on any atom is 0.407 e. The second kappa shape index (κ2) is 6.83. The molecule has 0 aromatic carbocycles. The SMILES string of the molecule is C=CC(=C1CCCCC1)[C@@H](NC(=O)OC)C(=O)O. The van der Waals surface area contributed by atoms with Crippen LogP contribution in [0.3, 0.4) is 0 Å². The number of nitrogens with one attached hydrogen (secondary N) is 1. The predicted molar refractivity (Wildman–Crippen MR) is 67.3 cm³/mol. The number of hydrogen-bond donors (Lipinski definition) is 2. The number of ether oxygens (including phenoxy) is 1. The van der Waals surface area contributed by atoms with Crippen LogP contribution in [-0.4, -0.2) is 30.3 Å². The molecular formula is C13H19NO4. The minimum Gasteiger partial charge on any atom is -0.479 e. The summed E-state index contributed by atoms with van der Waals surface area (Å²) < 4.78 is 4.44. The van der Waals surface area contributed by atoms with Gasteiger partial charge in [-0.3, -0.25) is 0 Å². The van der Waals surface area contributed by atoms with Crippen LogP contribution in [0.15, 0.2) is 23.8 Å². The van der Waals surface area contributed by atoms with Gasteiger partial charge in [0.25, 0.3) is 0 Å². The summed E-state index contributed by atoms with van der Waals surface area (Å²) in [5, 5.41) is 11.5. The first-order valence-electron chi connectivity index (χ1n) is 6.01. The molecule has 0 aliphatic heterocycles. The molecule has 0 radical (unpaired) electrons. The lowest BCUT2D eigenvalue weighted by atomic mass is 9.88. The fourth-order valence-electron chi connectivity index (χ4n) is 2.18. The second-order valence-electron chi connectivity index (χ2n) is 4.23. The Bertz CT molecular complexity index is 365. The van der Waals surface area contributed by atoms with E-state index in [-0.39, 0.29) is 0 Å². The molecule has 5 heteroatoms. The van der Waals surface area contributed by atoms with E-state index in [2.05, 4.69) is 16.6 Å². The smallest absolute Gasteiger partial charge is 0.407 e. The summed E-state index contributed by atoms with van der Waals surface area (Å²) in [6.07, 6.45) is 5.78. The van der Waals surface area contributed by atoms with Crippen molar-refractivity contribution < 1.29 is 19.4 Å². The number of methoxy groups -OCH3 is 1. The Morgan fingerprint density at radius 3 is 2.44 bits per heavy atom. The first-order valence-corrected chi connectivity index (χ1v) is 6.01. The lowest BCUT2D eigenvalue weighted by Crippen LogP contribution is -2.42. The molecule has 1 aliphatic rings. The Morgan fingerprint density at radius 2 is 2.00 bits per heavy atom. The number of carboxylic acids is 1. The fraction of sp³-hybridized carbons (Fsp3) is 0.538. The van der Waals surface area contributed by atoms with Crippen molar-refractivity contribution >= 4 is 12.1 Å². The maximum atomic E-state index is 11.2. The number of allylic oxidation sites excluding steroid dienone is 1. The van der Waals surface area contributed by atoms with Crippen LogP contribution in [0.4, 0.5) is 4.79 Å². The summed E-state index contributed by atoms with van der Waals surface area (Å²) in [4.78, 5) is 22.4. The van der Waals surface area contributed by atoms with Crippen LogP contribution in [0, 0.1) is 0 Å². The molecule has 1 saturated carbocycles. The number of carbonyl (C=O) groups is 2. The number of amides is 1. The van der Waals surface area contributed by atoms with Crippen LogP contribution in [0.2, 0.25) is 0 Å². The molecule has 1 amide bonds. The van der Waals surface area contributed by atoms with Gasteiger partial charge < -0.3 is 15.2 Å². The highest BCUT2D eigenvalue weighted by molar-refractivity contribution is 5.84. The van der Waals surface area contributed by atoms with E-state index in [4.69, 9.17) is 0 Å².